The smallest absolute Gasteiger partial charge is 0.181 e. The Morgan fingerprint density at radius 2 is 1.89 bits per heavy atom. The number of rotatable bonds is 7. The fraction of sp³-hybridized carbons (Fsp3) is 0.241. The minimum atomic E-state index is -0.546. The molecule has 188 valence electrons. The first-order chi connectivity index (χ1) is 17.7. The molecule has 1 aliphatic heterocycles. The number of fused-ring (bicyclic) bond motifs is 2. The van der Waals surface area contributed by atoms with Crippen molar-refractivity contribution in [1.82, 2.24) is 9.97 Å². The molecule has 4 aromatic rings. The Labute approximate surface area is 218 Å². The van der Waals surface area contributed by atoms with Crippen LogP contribution in [0.25, 0.3) is 22.2 Å². The third-order valence-corrected chi connectivity index (χ3v) is 6.84. The predicted octanol–water partition coefficient (Wildman–Crippen LogP) is 6.61. The summed E-state index contributed by atoms with van der Waals surface area (Å²) in [6.45, 7) is 4.45. The molecule has 6 nitrogen and oxygen atoms in total. The molecule has 2 aromatic heterocycles. The van der Waals surface area contributed by atoms with Gasteiger partial charge in [-0.05, 0) is 42.5 Å². The number of aromatic nitrogens is 2. The first-order valence-electron chi connectivity index (χ1n) is 11.8. The summed E-state index contributed by atoms with van der Waals surface area (Å²) in [6.07, 6.45) is 1.64. The lowest BCUT2D eigenvalue weighted by Crippen LogP contribution is -2.19. The summed E-state index contributed by atoms with van der Waals surface area (Å²) in [4.78, 5) is 35.2. The number of hydrogen-bond acceptors (Lipinski definition) is 6. The molecule has 0 spiro atoms. The lowest BCUT2D eigenvalue weighted by Gasteiger charge is -2.16. The van der Waals surface area contributed by atoms with Gasteiger partial charge in [0.15, 0.2) is 11.6 Å². The van der Waals surface area contributed by atoms with Gasteiger partial charge in [-0.2, -0.15) is 0 Å². The van der Waals surface area contributed by atoms with Crippen LogP contribution in [-0.4, -0.2) is 35.3 Å². The molecule has 8 heteroatoms. The van der Waals surface area contributed by atoms with Crippen molar-refractivity contribution >= 4 is 34.1 Å². The van der Waals surface area contributed by atoms with Crippen LogP contribution in [0.1, 0.15) is 53.1 Å². The molecule has 0 radical (unpaired) electrons. The minimum absolute atomic E-state index is 0.00409. The zero-order chi connectivity index (χ0) is 26.3. The molecule has 0 saturated heterocycles. The number of nitrogens with zero attached hydrogens (tertiary/aromatic N) is 2. The molecule has 0 amide bonds. The average Bonchev–Trinajstić information content (AvgIpc) is 3.21. The Hall–Kier alpha value is -3.84. The summed E-state index contributed by atoms with van der Waals surface area (Å²) in [6, 6.07) is 13.0. The number of Topliss-reactive ketones (excluding diaryl/α,β-unsaturated/α-hetero) is 2. The Balaban J connectivity index is 1.44. The topological polar surface area (TPSA) is 78.4 Å². The van der Waals surface area contributed by atoms with E-state index in [-0.39, 0.29) is 40.5 Å². The van der Waals surface area contributed by atoms with Crippen molar-refractivity contribution in [2.24, 2.45) is 0 Å². The van der Waals surface area contributed by atoms with E-state index in [1.165, 1.54) is 19.2 Å². The lowest BCUT2D eigenvalue weighted by molar-refractivity contribution is 0.0915. The van der Waals surface area contributed by atoms with E-state index in [1.54, 1.807) is 36.5 Å². The van der Waals surface area contributed by atoms with Gasteiger partial charge in [-0.3, -0.25) is 14.6 Å². The fourth-order valence-electron chi connectivity index (χ4n) is 4.47. The molecule has 37 heavy (non-hydrogen) atoms. The van der Waals surface area contributed by atoms with Gasteiger partial charge in [-0.25, -0.2) is 9.37 Å². The van der Waals surface area contributed by atoms with Crippen molar-refractivity contribution in [3.63, 3.8) is 0 Å². The molecular formula is C29H24ClFN2O4. The monoisotopic (exact) mass is 518 g/mol. The highest BCUT2D eigenvalue weighted by molar-refractivity contribution is 6.31. The Kier molecular flexibility index (Phi) is 6.42. The normalized spacial score (nSPS) is 13.8. The van der Waals surface area contributed by atoms with Gasteiger partial charge in [0.2, 0.25) is 0 Å². The molecule has 0 aliphatic carbocycles. The SMILES string of the molecule is COc1cc(C(=O)CCC(=O)c2cc3c(c(-c4ccc(F)c(Cl)c4)n2)OCC3(C)C)cc2cccnc12. The van der Waals surface area contributed by atoms with Gasteiger partial charge in [0.05, 0.1) is 18.7 Å². The summed E-state index contributed by atoms with van der Waals surface area (Å²) in [5, 5.41) is 0.732. The number of ketones is 2. The van der Waals surface area contributed by atoms with Gasteiger partial charge >= 0.3 is 0 Å². The van der Waals surface area contributed by atoms with Crippen LogP contribution in [0.2, 0.25) is 5.02 Å². The van der Waals surface area contributed by atoms with E-state index in [9.17, 15) is 14.0 Å². The molecule has 0 unspecified atom stereocenters. The molecule has 2 aromatic carbocycles. The number of methoxy groups -OCH3 is 1. The van der Waals surface area contributed by atoms with Crippen LogP contribution in [0.15, 0.2) is 54.7 Å². The highest BCUT2D eigenvalue weighted by Gasteiger charge is 2.36. The van der Waals surface area contributed by atoms with E-state index in [0.29, 0.717) is 40.4 Å². The van der Waals surface area contributed by atoms with E-state index in [1.807, 2.05) is 19.9 Å². The quantitative estimate of drug-likeness (QED) is 0.256. The fourth-order valence-corrected chi connectivity index (χ4v) is 4.65. The van der Waals surface area contributed by atoms with Crippen LogP contribution < -0.4 is 9.47 Å². The Morgan fingerprint density at radius 1 is 1.11 bits per heavy atom. The standard InChI is InChI=1S/C29H24ClFN2O4/c1-29(2)15-37-28-19(29)14-22(33-27(28)17-6-7-21(31)20(30)12-17)24(35)9-8-23(34)18-11-16-5-4-10-32-26(16)25(13-18)36-3/h4-7,10-14H,8-9,15H2,1-3H3. The molecular weight excluding hydrogens is 495 g/mol. The maximum absolute atomic E-state index is 13.8. The Bertz CT molecular complexity index is 1570. The second-order valence-corrected chi connectivity index (χ2v) is 10.0. The van der Waals surface area contributed by atoms with E-state index in [2.05, 4.69) is 9.97 Å². The number of halogens is 2. The highest BCUT2D eigenvalue weighted by atomic mass is 35.5. The zero-order valence-corrected chi connectivity index (χ0v) is 21.4. The van der Waals surface area contributed by atoms with Crippen molar-refractivity contribution in [3.8, 4) is 22.8 Å². The van der Waals surface area contributed by atoms with Crippen molar-refractivity contribution in [3.05, 3.63) is 82.4 Å². The minimum Gasteiger partial charge on any atom is -0.494 e. The van der Waals surface area contributed by atoms with E-state index < -0.39 is 5.82 Å². The summed E-state index contributed by atoms with van der Waals surface area (Å²) < 4.78 is 25.1. The maximum Gasteiger partial charge on any atom is 0.181 e. The first-order valence-corrected chi connectivity index (χ1v) is 12.2. The molecule has 0 atom stereocenters. The van der Waals surface area contributed by atoms with Crippen LogP contribution in [0.4, 0.5) is 4.39 Å². The average molecular weight is 519 g/mol. The molecule has 0 N–H and O–H groups in total. The number of carbonyl (C=O) groups is 2. The number of benzene rings is 2. The summed E-state index contributed by atoms with van der Waals surface area (Å²) in [5.41, 5.74) is 2.79. The largest absolute Gasteiger partial charge is 0.494 e. The lowest BCUT2D eigenvalue weighted by atomic mass is 9.85. The second kappa shape index (κ2) is 9.56. The summed E-state index contributed by atoms with van der Waals surface area (Å²) in [5.74, 6) is 0.0423. The van der Waals surface area contributed by atoms with E-state index in [4.69, 9.17) is 21.1 Å². The molecule has 0 saturated carbocycles. The number of pyridine rings is 2. The second-order valence-electron chi connectivity index (χ2n) is 9.63. The molecule has 0 bridgehead atoms. The van der Waals surface area contributed by atoms with Crippen LogP contribution in [0.5, 0.6) is 11.5 Å². The maximum atomic E-state index is 13.8. The zero-order valence-electron chi connectivity index (χ0n) is 20.6. The van der Waals surface area contributed by atoms with E-state index in [0.717, 1.165) is 10.9 Å². The van der Waals surface area contributed by atoms with Gasteiger partial charge in [-0.15, -0.1) is 0 Å². The third kappa shape index (κ3) is 4.67. The van der Waals surface area contributed by atoms with Crippen LogP contribution >= 0.6 is 11.6 Å². The van der Waals surface area contributed by atoms with Gasteiger partial charge in [-0.1, -0.05) is 31.5 Å². The van der Waals surface area contributed by atoms with Crippen molar-refractivity contribution < 1.29 is 23.5 Å². The molecule has 5 rings (SSSR count). The van der Waals surface area contributed by atoms with Crippen molar-refractivity contribution in [2.45, 2.75) is 32.1 Å². The first kappa shape index (κ1) is 24.8. The van der Waals surface area contributed by atoms with Gasteiger partial charge < -0.3 is 9.47 Å². The van der Waals surface area contributed by atoms with Gasteiger partial charge in [0.25, 0.3) is 0 Å². The molecule has 0 fully saturated rings. The van der Waals surface area contributed by atoms with Crippen LogP contribution in [-0.2, 0) is 5.41 Å². The van der Waals surface area contributed by atoms with Crippen LogP contribution in [0, 0.1) is 5.82 Å². The summed E-state index contributed by atoms with van der Waals surface area (Å²) >= 11 is 6.01. The van der Waals surface area contributed by atoms with Crippen molar-refractivity contribution in [1.29, 1.82) is 0 Å². The van der Waals surface area contributed by atoms with E-state index >= 15 is 0 Å². The molecule has 1 aliphatic rings. The Morgan fingerprint density at radius 3 is 2.65 bits per heavy atom. The summed E-state index contributed by atoms with van der Waals surface area (Å²) in [7, 11) is 1.53. The highest BCUT2D eigenvalue weighted by Crippen LogP contribution is 2.44. The number of ether oxygens (including phenoxy) is 2. The van der Waals surface area contributed by atoms with Gasteiger partial charge in [0, 0.05) is 46.5 Å². The number of carbonyl (C=O) groups excluding carboxylic acids is 2. The van der Waals surface area contributed by atoms with Crippen molar-refractivity contribution in [2.75, 3.05) is 13.7 Å². The molecule has 3 heterocycles. The predicted molar refractivity (Wildman–Crippen MR) is 139 cm³/mol. The number of hydrogen-bond donors (Lipinski definition) is 0. The van der Waals surface area contributed by atoms with Crippen LogP contribution in [0.3, 0.4) is 0 Å². The third-order valence-electron chi connectivity index (χ3n) is 6.55. The van der Waals surface area contributed by atoms with Gasteiger partial charge in [0.1, 0.15) is 34.2 Å².